The van der Waals surface area contributed by atoms with Gasteiger partial charge in [-0.15, -0.1) is 0 Å². The van der Waals surface area contributed by atoms with Crippen molar-refractivity contribution in [2.24, 2.45) is 0 Å². The second-order valence-corrected chi connectivity index (χ2v) is 6.50. The number of carbonyl (C=O) groups excluding carboxylic acids is 1. The van der Waals surface area contributed by atoms with Gasteiger partial charge in [0.1, 0.15) is 5.41 Å². The van der Waals surface area contributed by atoms with Crippen molar-refractivity contribution in [1.29, 1.82) is 0 Å². The van der Waals surface area contributed by atoms with Crippen LogP contribution in [0.4, 0.5) is 0 Å². The Morgan fingerprint density at radius 1 is 1.28 bits per heavy atom. The molecule has 4 nitrogen and oxygen atoms in total. The van der Waals surface area contributed by atoms with E-state index in [1.54, 1.807) is 0 Å². The zero-order valence-corrected chi connectivity index (χ0v) is 13.6. The number of hydrogen-bond acceptors (Lipinski definition) is 4. The van der Waals surface area contributed by atoms with E-state index in [2.05, 4.69) is 13.1 Å². The normalized spacial score (nSPS) is 12.6. The van der Waals surface area contributed by atoms with Gasteiger partial charge in [0.2, 0.25) is 0 Å². The molecule has 0 aromatic carbocycles. The van der Waals surface area contributed by atoms with Crippen molar-refractivity contribution in [3.63, 3.8) is 0 Å². The van der Waals surface area contributed by atoms with Gasteiger partial charge in [0.05, 0.1) is 28.3 Å². The maximum absolute atomic E-state index is 11.0. The summed E-state index contributed by atoms with van der Waals surface area (Å²) in [5.74, 6) is -0.407. The first-order valence-electron chi connectivity index (χ1n) is 6.50. The number of ether oxygens (including phenoxy) is 3. The molecule has 0 bridgehead atoms. The van der Waals surface area contributed by atoms with Crippen molar-refractivity contribution in [1.82, 2.24) is 0 Å². The van der Waals surface area contributed by atoms with E-state index >= 15 is 0 Å². The maximum Gasteiger partial charge on any atom is 0.330 e. The van der Waals surface area contributed by atoms with E-state index < -0.39 is 20.9 Å². The molecule has 0 aliphatic heterocycles. The first-order chi connectivity index (χ1) is 8.35. The van der Waals surface area contributed by atoms with Gasteiger partial charge in [-0.3, -0.25) is 0 Å². The van der Waals surface area contributed by atoms with Gasteiger partial charge in [-0.2, -0.15) is 0 Å². The Hall–Kier alpha value is -0.653. The lowest BCUT2D eigenvalue weighted by atomic mass is 10.3. The van der Waals surface area contributed by atoms with Crippen LogP contribution in [0.3, 0.4) is 0 Å². The summed E-state index contributed by atoms with van der Waals surface area (Å²) < 4.78 is 16.9. The quantitative estimate of drug-likeness (QED) is 0.278. The third-order valence-corrected chi connectivity index (χ3v) is 4.10. The third kappa shape index (κ3) is 6.93. The molecule has 0 saturated carbocycles. The summed E-state index contributed by atoms with van der Waals surface area (Å²) in [6.45, 7) is 13.7. The van der Waals surface area contributed by atoms with Gasteiger partial charge in [0, 0.05) is 12.5 Å². The van der Waals surface area contributed by atoms with Gasteiger partial charge in [0.15, 0.2) is 0 Å². The van der Waals surface area contributed by atoms with Gasteiger partial charge in [-0.05, 0) is 27.7 Å². The second kappa shape index (κ2) is 8.45. The topological polar surface area (TPSA) is 44.8 Å². The van der Waals surface area contributed by atoms with Crippen molar-refractivity contribution >= 4 is 15.5 Å². The van der Waals surface area contributed by atoms with Crippen molar-refractivity contribution in [2.75, 3.05) is 6.61 Å². The molecule has 0 aliphatic carbocycles. The molecule has 0 fully saturated rings. The van der Waals surface area contributed by atoms with E-state index in [1.807, 2.05) is 27.7 Å². The van der Waals surface area contributed by atoms with Crippen LogP contribution >= 0.6 is 0 Å². The summed E-state index contributed by atoms with van der Waals surface area (Å²) in [5, 5.41) is 0. The Morgan fingerprint density at radius 2 is 1.78 bits per heavy atom. The summed E-state index contributed by atoms with van der Waals surface area (Å²) in [5.41, 5.74) is -0.552. The fraction of sp³-hybridized carbons (Fsp3) is 0.769. The first kappa shape index (κ1) is 17.3. The zero-order chi connectivity index (χ0) is 14.2. The largest absolute Gasteiger partial charge is 0.462 e. The molecule has 0 radical (unpaired) electrons. The fourth-order valence-electron chi connectivity index (χ4n) is 1.71. The van der Waals surface area contributed by atoms with E-state index in [0.717, 1.165) is 6.08 Å². The van der Waals surface area contributed by atoms with Crippen LogP contribution in [-0.2, 0) is 19.0 Å². The highest BCUT2D eigenvalue weighted by Crippen LogP contribution is 2.21. The molecular weight excluding hydrogens is 248 g/mol. The SMILES string of the molecule is C=CC(=O)OCCC(OC(C)C)(OC(C)C)[SiH2]C. The van der Waals surface area contributed by atoms with Crippen LogP contribution in [0.5, 0.6) is 0 Å². The van der Waals surface area contributed by atoms with Gasteiger partial charge in [0.25, 0.3) is 0 Å². The van der Waals surface area contributed by atoms with Crippen molar-refractivity contribution in [3.8, 4) is 0 Å². The number of carbonyl (C=O) groups is 1. The Labute approximate surface area is 113 Å². The molecule has 5 heteroatoms. The van der Waals surface area contributed by atoms with Gasteiger partial charge in [-0.25, -0.2) is 4.79 Å². The van der Waals surface area contributed by atoms with Crippen molar-refractivity contribution in [2.45, 2.75) is 58.3 Å². The highest BCUT2D eigenvalue weighted by Gasteiger charge is 2.32. The third-order valence-electron chi connectivity index (χ3n) is 2.33. The Bertz CT molecular complexity index is 254. The summed E-state index contributed by atoms with van der Waals surface area (Å²) in [4.78, 5) is 11.0. The van der Waals surface area contributed by atoms with Crippen LogP contribution in [0.25, 0.3) is 0 Å². The highest BCUT2D eigenvalue weighted by atomic mass is 28.2. The number of hydrogen-bond donors (Lipinski definition) is 0. The molecule has 0 heterocycles. The molecule has 0 rings (SSSR count). The lowest BCUT2D eigenvalue weighted by Crippen LogP contribution is -2.46. The summed E-state index contributed by atoms with van der Waals surface area (Å²) in [6, 6.07) is 0. The molecule has 0 aromatic heterocycles. The van der Waals surface area contributed by atoms with E-state index in [-0.39, 0.29) is 12.2 Å². The molecule has 0 N–H and O–H groups in total. The molecule has 0 spiro atoms. The predicted octanol–water partition coefficient (Wildman–Crippen LogP) is 1.83. The molecule has 0 atom stereocenters. The van der Waals surface area contributed by atoms with E-state index in [1.165, 1.54) is 0 Å². The summed E-state index contributed by atoms with van der Waals surface area (Å²) in [7, 11) is -0.577. The van der Waals surface area contributed by atoms with Crippen LogP contribution in [0.2, 0.25) is 6.55 Å². The second-order valence-electron chi connectivity index (χ2n) is 4.72. The lowest BCUT2D eigenvalue weighted by molar-refractivity contribution is -0.223. The first-order valence-corrected chi connectivity index (χ1v) is 8.62. The summed E-state index contributed by atoms with van der Waals surface area (Å²) >= 11 is 0. The highest BCUT2D eigenvalue weighted by molar-refractivity contribution is 6.37. The van der Waals surface area contributed by atoms with Crippen molar-refractivity contribution < 1.29 is 19.0 Å². The zero-order valence-electron chi connectivity index (χ0n) is 12.2. The minimum absolute atomic E-state index is 0.0892. The predicted molar refractivity (Wildman–Crippen MR) is 75.4 cm³/mol. The van der Waals surface area contributed by atoms with E-state index in [0.29, 0.717) is 13.0 Å². The van der Waals surface area contributed by atoms with E-state index in [9.17, 15) is 4.79 Å². The van der Waals surface area contributed by atoms with Crippen LogP contribution in [0.1, 0.15) is 34.1 Å². The molecule has 18 heavy (non-hydrogen) atoms. The van der Waals surface area contributed by atoms with Crippen molar-refractivity contribution in [3.05, 3.63) is 12.7 Å². The molecular formula is C13H26O4Si. The molecule has 106 valence electrons. The number of esters is 1. The Balaban J connectivity index is 4.52. The van der Waals surface area contributed by atoms with Gasteiger partial charge >= 0.3 is 5.97 Å². The minimum Gasteiger partial charge on any atom is -0.462 e. The monoisotopic (exact) mass is 274 g/mol. The van der Waals surface area contributed by atoms with E-state index in [4.69, 9.17) is 14.2 Å². The molecule has 0 aliphatic rings. The fourth-order valence-corrected chi connectivity index (χ4v) is 3.21. The maximum atomic E-state index is 11.0. The van der Waals surface area contributed by atoms with Crippen LogP contribution in [-0.4, -0.2) is 39.7 Å². The van der Waals surface area contributed by atoms with Crippen LogP contribution in [0.15, 0.2) is 12.7 Å². The Kier molecular flexibility index (Phi) is 8.14. The average Bonchev–Trinajstić information content (AvgIpc) is 2.26. The van der Waals surface area contributed by atoms with Gasteiger partial charge < -0.3 is 14.2 Å². The minimum atomic E-state index is -0.577. The number of rotatable bonds is 9. The van der Waals surface area contributed by atoms with Gasteiger partial charge in [-0.1, -0.05) is 13.1 Å². The molecule has 0 aromatic rings. The van der Waals surface area contributed by atoms with Crippen LogP contribution in [0, 0.1) is 0 Å². The summed E-state index contributed by atoms with van der Waals surface area (Å²) in [6.07, 6.45) is 1.92. The standard InChI is InChI=1S/C13H26O4Si/c1-7-12(14)15-9-8-13(18-6,16-10(2)3)17-11(4)5/h7,10-11H,1,8-9,18H2,2-6H3. The smallest absolute Gasteiger partial charge is 0.330 e. The lowest BCUT2D eigenvalue weighted by Gasteiger charge is -2.36. The average molecular weight is 274 g/mol. The molecule has 0 unspecified atom stereocenters. The van der Waals surface area contributed by atoms with Crippen LogP contribution < -0.4 is 0 Å². The Morgan fingerprint density at radius 3 is 2.11 bits per heavy atom. The molecule has 0 amide bonds. The molecule has 0 saturated heterocycles.